The average Bonchev–Trinajstić information content (AvgIpc) is 3.54. The summed E-state index contributed by atoms with van der Waals surface area (Å²) in [5.74, 6) is 0. The normalized spacial score (nSPS) is 13.0. The van der Waals surface area contributed by atoms with Gasteiger partial charge in [-0.2, -0.15) is 0 Å². The van der Waals surface area contributed by atoms with E-state index in [0.717, 1.165) is 40.7 Å². The van der Waals surface area contributed by atoms with E-state index in [-0.39, 0.29) is 0 Å². The fourth-order valence-electron chi connectivity index (χ4n) is 7.09. The minimum absolute atomic E-state index is 0.848. The molecule has 0 radical (unpaired) electrons. The number of fused-ring (bicyclic) bond motifs is 8. The quantitative estimate of drug-likeness (QED) is 0.168. The molecule has 0 N–H and O–H groups in total. The minimum atomic E-state index is 0.848. The summed E-state index contributed by atoms with van der Waals surface area (Å²) in [6, 6.07) is 54.9. The molecule has 2 heterocycles. The van der Waals surface area contributed by atoms with Gasteiger partial charge in [0.15, 0.2) is 0 Å². The summed E-state index contributed by atoms with van der Waals surface area (Å²) in [6.45, 7) is 0.848. The van der Waals surface area contributed by atoms with E-state index >= 15 is 0 Å². The summed E-state index contributed by atoms with van der Waals surface area (Å²) in [5.41, 5.74) is 6.74. The van der Waals surface area contributed by atoms with Gasteiger partial charge >= 0.3 is 0 Å². The Kier molecular flexibility index (Phi) is 6.95. The molecule has 1 aliphatic heterocycles. The highest BCUT2D eigenvalue weighted by Crippen LogP contribution is 2.46. The van der Waals surface area contributed by atoms with Crippen LogP contribution in [0.3, 0.4) is 0 Å². The van der Waals surface area contributed by atoms with Crippen LogP contribution in [-0.4, -0.2) is 18.5 Å². The number of nitrogens with zero attached hydrogens (tertiary/aromatic N) is 3. The highest BCUT2D eigenvalue weighted by Gasteiger charge is 2.21. The van der Waals surface area contributed by atoms with Gasteiger partial charge in [-0.1, -0.05) is 91.0 Å². The first-order valence-corrected chi connectivity index (χ1v) is 17.2. The van der Waals surface area contributed by atoms with Gasteiger partial charge < -0.3 is 14.7 Å². The summed E-state index contributed by atoms with van der Waals surface area (Å²) < 4.78 is 2.68. The highest BCUT2D eigenvalue weighted by atomic mass is 32.1. The first-order valence-electron chi connectivity index (χ1n) is 16.4. The topological polar surface area (TPSA) is 9.72 Å². The van der Waals surface area contributed by atoms with E-state index in [2.05, 4.69) is 192 Å². The Hall–Kier alpha value is -5.84. The van der Waals surface area contributed by atoms with Crippen molar-refractivity contribution in [2.24, 2.45) is 0 Å². The third kappa shape index (κ3) is 4.81. The predicted octanol–water partition coefficient (Wildman–Crippen LogP) is 12.3. The van der Waals surface area contributed by atoms with Crippen LogP contribution in [0.5, 0.6) is 0 Å². The Morgan fingerprint density at radius 3 is 1.81 bits per heavy atom. The number of hydrogen-bond donors (Lipinski definition) is 0. The van der Waals surface area contributed by atoms with Crippen LogP contribution in [0.15, 0.2) is 176 Å². The molecule has 7 aromatic carbocycles. The van der Waals surface area contributed by atoms with Crippen LogP contribution in [0.2, 0.25) is 0 Å². The number of hydrogen-bond acceptors (Lipinski definition) is 4. The fraction of sp³-hybridized carbons (Fsp3) is 0.0455. The molecule has 0 amide bonds. The maximum absolute atomic E-state index is 2.41. The van der Waals surface area contributed by atoms with Crippen LogP contribution in [-0.2, 0) is 0 Å². The molecule has 0 spiro atoms. The molecule has 0 saturated carbocycles. The lowest BCUT2D eigenvalue weighted by molar-refractivity contribution is 0.501. The number of anilines is 5. The molecule has 3 nitrogen and oxygen atoms in total. The van der Waals surface area contributed by atoms with E-state index < -0.39 is 0 Å². The number of likely N-dealkylation sites (N-methyl/N-ethyl adjacent to an activating group) is 1. The fourth-order valence-corrected chi connectivity index (χ4v) is 8.34. The maximum Gasteiger partial charge on any atom is 0.0482 e. The van der Waals surface area contributed by atoms with Gasteiger partial charge in [-0.3, -0.25) is 0 Å². The van der Waals surface area contributed by atoms with Crippen molar-refractivity contribution in [3.8, 4) is 0 Å². The van der Waals surface area contributed by atoms with Crippen LogP contribution in [0, 0.1) is 0 Å². The maximum atomic E-state index is 2.41. The first kappa shape index (κ1) is 28.4. The van der Waals surface area contributed by atoms with Crippen molar-refractivity contribution in [1.82, 2.24) is 4.90 Å². The van der Waals surface area contributed by atoms with Gasteiger partial charge in [0, 0.05) is 79.5 Å². The molecule has 0 saturated heterocycles. The molecule has 48 heavy (non-hydrogen) atoms. The molecule has 0 bridgehead atoms. The third-order valence-corrected chi connectivity index (χ3v) is 10.5. The largest absolute Gasteiger partial charge is 0.377 e. The highest BCUT2D eigenvalue weighted by molar-refractivity contribution is 7.27. The van der Waals surface area contributed by atoms with E-state index in [1.54, 1.807) is 0 Å². The summed E-state index contributed by atoms with van der Waals surface area (Å²) in [6.07, 6.45) is 6.71. The second-order valence-electron chi connectivity index (χ2n) is 12.3. The van der Waals surface area contributed by atoms with E-state index in [9.17, 15) is 0 Å². The lowest BCUT2D eigenvalue weighted by Gasteiger charge is -2.31. The minimum Gasteiger partial charge on any atom is -0.377 e. The smallest absolute Gasteiger partial charge is 0.0482 e. The zero-order chi connectivity index (χ0) is 32.0. The van der Waals surface area contributed by atoms with Crippen LogP contribution >= 0.6 is 11.3 Å². The summed E-state index contributed by atoms with van der Waals surface area (Å²) in [4.78, 5) is 6.94. The average molecular weight is 636 g/mol. The Morgan fingerprint density at radius 2 is 1.10 bits per heavy atom. The predicted molar refractivity (Wildman–Crippen MR) is 207 cm³/mol. The Morgan fingerprint density at radius 1 is 0.500 bits per heavy atom. The van der Waals surface area contributed by atoms with Crippen molar-refractivity contribution < 1.29 is 0 Å². The standard InChI is InChI=1S/C44H33N3S/c1-45-27-25-33(26-28-45)47(35-18-12-17-34(29-35)46(31-13-4-2-5-14-31)32-15-6-3-7-16-32)36-23-24-39-41(30-36)37-19-8-9-20-38(37)43-40-21-10-11-22-42(40)48-44(39)43/h2-27,29-30H,28H2,1H3. The summed E-state index contributed by atoms with van der Waals surface area (Å²) in [7, 11) is 2.12. The monoisotopic (exact) mass is 635 g/mol. The van der Waals surface area contributed by atoms with E-state index in [1.807, 2.05) is 11.3 Å². The van der Waals surface area contributed by atoms with Crippen molar-refractivity contribution >= 4 is 81.5 Å². The lowest BCUT2D eigenvalue weighted by atomic mass is 9.96. The Labute approximate surface area is 284 Å². The number of benzene rings is 7. The van der Waals surface area contributed by atoms with Gasteiger partial charge in [0.25, 0.3) is 0 Å². The van der Waals surface area contributed by atoms with Gasteiger partial charge in [-0.25, -0.2) is 0 Å². The number of para-hydroxylation sites is 2. The van der Waals surface area contributed by atoms with Crippen LogP contribution in [0.1, 0.15) is 0 Å². The van der Waals surface area contributed by atoms with E-state index in [1.165, 1.54) is 41.7 Å². The molecule has 0 fully saturated rings. The van der Waals surface area contributed by atoms with Crippen LogP contribution < -0.4 is 9.80 Å². The number of rotatable bonds is 6. The molecule has 8 aromatic rings. The second-order valence-corrected chi connectivity index (χ2v) is 13.4. The van der Waals surface area contributed by atoms with Crippen molar-refractivity contribution in [3.63, 3.8) is 0 Å². The van der Waals surface area contributed by atoms with Crippen molar-refractivity contribution in [3.05, 3.63) is 176 Å². The molecule has 230 valence electrons. The summed E-state index contributed by atoms with van der Waals surface area (Å²) in [5, 5.41) is 7.86. The molecule has 1 aliphatic rings. The molecular weight excluding hydrogens is 603 g/mol. The number of allylic oxidation sites excluding steroid dienone is 1. The van der Waals surface area contributed by atoms with Crippen molar-refractivity contribution in [2.75, 3.05) is 23.4 Å². The second kappa shape index (κ2) is 11.8. The van der Waals surface area contributed by atoms with Crippen LogP contribution in [0.25, 0.3) is 41.7 Å². The molecule has 4 heteroatoms. The van der Waals surface area contributed by atoms with Gasteiger partial charge in [0.2, 0.25) is 0 Å². The first-order chi connectivity index (χ1) is 23.7. The Balaban J connectivity index is 1.26. The third-order valence-electron chi connectivity index (χ3n) is 9.31. The molecule has 0 atom stereocenters. The molecular formula is C44H33N3S. The van der Waals surface area contributed by atoms with Crippen LogP contribution in [0.4, 0.5) is 28.4 Å². The molecule has 9 rings (SSSR count). The van der Waals surface area contributed by atoms with Gasteiger partial charge in [0.05, 0.1) is 0 Å². The van der Waals surface area contributed by atoms with E-state index in [0.29, 0.717) is 0 Å². The summed E-state index contributed by atoms with van der Waals surface area (Å²) >= 11 is 1.90. The Bertz CT molecular complexity index is 2470. The van der Waals surface area contributed by atoms with Gasteiger partial charge in [-0.15, -0.1) is 11.3 Å². The lowest BCUT2D eigenvalue weighted by Crippen LogP contribution is -2.22. The van der Waals surface area contributed by atoms with E-state index in [4.69, 9.17) is 0 Å². The van der Waals surface area contributed by atoms with Gasteiger partial charge in [-0.05, 0) is 89.0 Å². The molecule has 0 aliphatic carbocycles. The molecule has 0 unspecified atom stereocenters. The molecule has 1 aromatic heterocycles. The van der Waals surface area contributed by atoms with Crippen molar-refractivity contribution in [1.29, 1.82) is 0 Å². The van der Waals surface area contributed by atoms with Crippen molar-refractivity contribution in [2.45, 2.75) is 0 Å². The number of thiophene rings is 1. The SMILES string of the molecule is CN1C=CC(N(c2cccc(N(c3ccccc3)c3ccccc3)c2)c2ccc3c(c2)c2ccccc2c2c4ccccc4sc32)=CC1. The zero-order valence-electron chi connectivity index (χ0n) is 26.6. The zero-order valence-corrected chi connectivity index (χ0v) is 27.4. The van der Waals surface area contributed by atoms with Gasteiger partial charge in [0.1, 0.15) is 0 Å².